The number of nitrogens with zero attached hydrogens (tertiary/aromatic N) is 3. The molecule has 4 aromatic rings. The molecule has 0 N–H and O–H groups in total. The maximum absolute atomic E-state index is 14.0. The smallest absolute Gasteiger partial charge is 0.202 e. The number of ketones is 1. The fourth-order valence-corrected chi connectivity index (χ4v) is 4.60. The van der Waals surface area contributed by atoms with Crippen molar-refractivity contribution in [3.63, 3.8) is 0 Å². The summed E-state index contributed by atoms with van der Waals surface area (Å²) in [6.45, 7) is 2.93. The number of benzene rings is 1. The molecule has 1 saturated carbocycles. The van der Waals surface area contributed by atoms with Gasteiger partial charge in [-0.1, -0.05) is 42.7 Å². The normalized spacial score (nSPS) is 14.1. The number of carbonyl (C=O) groups excluding carboxylic acids is 1. The van der Waals surface area contributed by atoms with Crippen LogP contribution in [-0.2, 0) is 13.0 Å². The monoisotopic (exact) mass is 443 g/mol. The molecular formula is C27H26FN3O2. The lowest BCUT2D eigenvalue weighted by molar-refractivity contribution is 0.0966. The molecule has 6 heteroatoms. The first-order chi connectivity index (χ1) is 16.1. The third-order valence-corrected chi connectivity index (χ3v) is 6.41. The van der Waals surface area contributed by atoms with Gasteiger partial charge < -0.3 is 8.98 Å². The first-order valence-corrected chi connectivity index (χ1v) is 11.4. The van der Waals surface area contributed by atoms with Crippen molar-refractivity contribution in [1.29, 1.82) is 0 Å². The first-order valence-electron chi connectivity index (χ1n) is 11.4. The Morgan fingerprint density at radius 1 is 1.12 bits per heavy atom. The van der Waals surface area contributed by atoms with Crippen LogP contribution >= 0.6 is 0 Å². The van der Waals surface area contributed by atoms with Crippen LogP contribution in [0.15, 0.2) is 65.6 Å². The number of furan rings is 1. The van der Waals surface area contributed by atoms with Crippen LogP contribution in [-0.4, -0.2) is 20.3 Å². The van der Waals surface area contributed by atoms with E-state index in [0.717, 1.165) is 29.7 Å². The van der Waals surface area contributed by atoms with Gasteiger partial charge in [0.15, 0.2) is 11.5 Å². The Hall–Kier alpha value is -3.54. The molecule has 1 aliphatic rings. The highest BCUT2D eigenvalue weighted by atomic mass is 19.1. The Morgan fingerprint density at radius 2 is 1.91 bits per heavy atom. The molecule has 0 radical (unpaired) electrons. The van der Waals surface area contributed by atoms with Gasteiger partial charge in [-0.15, -0.1) is 0 Å². The van der Waals surface area contributed by atoms with Crippen molar-refractivity contribution in [3.05, 3.63) is 83.9 Å². The van der Waals surface area contributed by atoms with Crippen molar-refractivity contribution in [2.45, 2.75) is 45.6 Å². The van der Waals surface area contributed by atoms with E-state index >= 15 is 0 Å². The van der Waals surface area contributed by atoms with Crippen molar-refractivity contribution in [1.82, 2.24) is 14.5 Å². The van der Waals surface area contributed by atoms with Crippen LogP contribution in [0.2, 0.25) is 0 Å². The van der Waals surface area contributed by atoms with Crippen molar-refractivity contribution >= 4 is 5.78 Å². The van der Waals surface area contributed by atoms with Crippen LogP contribution in [0.5, 0.6) is 0 Å². The average molecular weight is 444 g/mol. The molecule has 5 rings (SSSR count). The Balaban J connectivity index is 1.49. The third kappa shape index (κ3) is 4.51. The van der Waals surface area contributed by atoms with Crippen LogP contribution in [0.25, 0.3) is 22.7 Å². The number of rotatable bonds is 7. The predicted molar refractivity (Wildman–Crippen MR) is 124 cm³/mol. The van der Waals surface area contributed by atoms with Crippen LogP contribution in [0.3, 0.4) is 0 Å². The molecule has 0 spiro atoms. The lowest BCUT2D eigenvalue weighted by Crippen LogP contribution is -2.07. The summed E-state index contributed by atoms with van der Waals surface area (Å²) in [7, 11) is 0. The number of aromatic nitrogens is 3. The number of hydrogen-bond acceptors (Lipinski definition) is 4. The van der Waals surface area contributed by atoms with E-state index in [-0.39, 0.29) is 18.0 Å². The molecule has 0 saturated heterocycles. The number of halogens is 1. The van der Waals surface area contributed by atoms with Crippen molar-refractivity contribution in [2.75, 3.05) is 0 Å². The van der Waals surface area contributed by atoms with Gasteiger partial charge in [-0.2, -0.15) is 0 Å². The minimum atomic E-state index is -0.492. The first kappa shape index (κ1) is 21.3. The maximum Gasteiger partial charge on any atom is 0.202 e. The summed E-state index contributed by atoms with van der Waals surface area (Å²) in [5.41, 5.74) is 4.20. The zero-order valence-electron chi connectivity index (χ0n) is 18.6. The van der Waals surface area contributed by atoms with Crippen LogP contribution in [0.4, 0.5) is 4.39 Å². The Labute approximate surface area is 192 Å². The van der Waals surface area contributed by atoms with E-state index in [4.69, 9.17) is 9.40 Å². The zero-order chi connectivity index (χ0) is 22.8. The standard InChI is InChI=1S/C27H26FN3O2/c1-18-6-8-20(9-7-18)26-27(31(17-30-26)16-19-4-2-3-5-19)25-11-10-24(33-25)23(32)14-21-12-13-29-15-22(21)28/h6-13,15,17,19H,2-5,14,16H2,1H3. The fraction of sp³-hybridized carbons (Fsp3) is 0.296. The Kier molecular flexibility index (Phi) is 5.90. The van der Waals surface area contributed by atoms with E-state index in [2.05, 4.69) is 40.7 Å². The second-order valence-electron chi connectivity index (χ2n) is 8.84. The lowest BCUT2D eigenvalue weighted by Gasteiger charge is -2.13. The molecular weight excluding hydrogens is 417 g/mol. The van der Waals surface area contributed by atoms with E-state index in [1.807, 2.05) is 12.4 Å². The summed E-state index contributed by atoms with van der Waals surface area (Å²) in [5.74, 6) is 0.665. The summed E-state index contributed by atoms with van der Waals surface area (Å²) in [4.78, 5) is 21.3. The maximum atomic E-state index is 14.0. The number of hydrogen-bond donors (Lipinski definition) is 0. The molecule has 1 fully saturated rings. The molecule has 0 bridgehead atoms. The van der Waals surface area contributed by atoms with Crippen molar-refractivity contribution < 1.29 is 13.6 Å². The van der Waals surface area contributed by atoms with Gasteiger partial charge in [0.2, 0.25) is 5.78 Å². The number of carbonyl (C=O) groups is 1. The lowest BCUT2D eigenvalue weighted by atomic mass is 10.1. The molecule has 3 heterocycles. The quantitative estimate of drug-likeness (QED) is 0.316. The van der Waals surface area contributed by atoms with Crippen molar-refractivity contribution in [2.24, 2.45) is 5.92 Å². The van der Waals surface area contributed by atoms with E-state index < -0.39 is 5.82 Å². The number of imidazole rings is 1. The topological polar surface area (TPSA) is 60.9 Å². The zero-order valence-corrected chi connectivity index (χ0v) is 18.6. The van der Waals surface area contributed by atoms with Gasteiger partial charge in [-0.05, 0) is 49.4 Å². The molecule has 1 aliphatic carbocycles. The van der Waals surface area contributed by atoms with E-state index in [1.165, 1.54) is 43.5 Å². The van der Waals surface area contributed by atoms with Gasteiger partial charge >= 0.3 is 0 Å². The van der Waals surface area contributed by atoms with Crippen molar-refractivity contribution in [3.8, 4) is 22.7 Å². The largest absolute Gasteiger partial charge is 0.451 e. The molecule has 0 unspecified atom stereocenters. The Morgan fingerprint density at radius 3 is 2.67 bits per heavy atom. The molecule has 1 aromatic carbocycles. The van der Waals surface area contributed by atoms with E-state index in [0.29, 0.717) is 17.2 Å². The highest BCUT2D eigenvalue weighted by Crippen LogP contribution is 2.35. The van der Waals surface area contributed by atoms with Gasteiger partial charge in [0, 0.05) is 24.7 Å². The van der Waals surface area contributed by atoms with Gasteiger partial charge in [0.05, 0.1) is 18.2 Å². The summed E-state index contributed by atoms with van der Waals surface area (Å²) in [6.07, 6.45) is 9.37. The molecule has 5 nitrogen and oxygen atoms in total. The summed E-state index contributed by atoms with van der Waals surface area (Å²) in [5, 5.41) is 0. The average Bonchev–Trinajstić information content (AvgIpc) is 3.57. The van der Waals surface area contributed by atoms with Gasteiger partial charge in [-0.3, -0.25) is 9.78 Å². The van der Waals surface area contributed by atoms with Crippen LogP contribution in [0.1, 0.15) is 47.4 Å². The summed E-state index contributed by atoms with van der Waals surface area (Å²) in [6, 6.07) is 13.2. The second kappa shape index (κ2) is 9.14. The van der Waals surface area contributed by atoms with Crippen LogP contribution in [0, 0.1) is 18.7 Å². The third-order valence-electron chi connectivity index (χ3n) is 6.41. The Bertz CT molecular complexity index is 1270. The molecule has 33 heavy (non-hydrogen) atoms. The molecule has 168 valence electrons. The highest BCUT2D eigenvalue weighted by molar-refractivity contribution is 5.95. The predicted octanol–water partition coefficient (Wildman–Crippen LogP) is 6.27. The fourth-order valence-electron chi connectivity index (χ4n) is 4.60. The van der Waals surface area contributed by atoms with E-state index in [1.54, 1.807) is 6.07 Å². The summed E-state index contributed by atoms with van der Waals surface area (Å²) < 4.78 is 22.2. The highest BCUT2D eigenvalue weighted by Gasteiger charge is 2.23. The number of pyridine rings is 1. The van der Waals surface area contributed by atoms with Gasteiger partial charge in [-0.25, -0.2) is 9.37 Å². The molecule has 0 amide bonds. The SMILES string of the molecule is Cc1ccc(-c2ncn(CC3CCCC3)c2-c2ccc(C(=O)Cc3ccncc3F)o2)cc1. The van der Waals surface area contributed by atoms with Gasteiger partial charge in [0.1, 0.15) is 11.5 Å². The second-order valence-corrected chi connectivity index (χ2v) is 8.84. The number of aryl methyl sites for hydroxylation is 1. The molecule has 0 atom stereocenters. The molecule has 0 aliphatic heterocycles. The molecule has 3 aromatic heterocycles. The summed E-state index contributed by atoms with van der Waals surface area (Å²) >= 11 is 0. The number of Topliss-reactive ketones (excluding diaryl/α,β-unsaturated/α-hetero) is 1. The van der Waals surface area contributed by atoms with Gasteiger partial charge in [0.25, 0.3) is 0 Å². The van der Waals surface area contributed by atoms with Crippen LogP contribution < -0.4 is 0 Å². The van der Waals surface area contributed by atoms with E-state index in [9.17, 15) is 9.18 Å². The minimum absolute atomic E-state index is 0.0759. The minimum Gasteiger partial charge on any atom is -0.451 e.